The summed E-state index contributed by atoms with van der Waals surface area (Å²) >= 11 is 1.12. The Hall–Kier alpha value is -3.26. The summed E-state index contributed by atoms with van der Waals surface area (Å²) in [5, 5.41) is 2.91. The van der Waals surface area contributed by atoms with E-state index in [0.717, 1.165) is 28.2 Å². The second-order valence-electron chi connectivity index (χ2n) is 6.32. The number of thiophene rings is 1. The van der Waals surface area contributed by atoms with Gasteiger partial charge in [0.15, 0.2) is 6.61 Å². The third-order valence-electron chi connectivity index (χ3n) is 4.03. The average molecular weight is 397 g/mol. The van der Waals surface area contributed by atoms with Crippen LogP contribution in [0.5, 0.6) is 0 Å². The average Bonchev–Trinajstić information content (AvgIpc) is 2.97. The van der Waals surface area contributed by atoms with Gasteiger partial charge in [0.05, 0.1) is 12.1 Å². The maximum atomic E-state index is 12.3. The number of amides is 2. The Morgan fingerprint density at radius 1 is 1.14 bits per heavy atom. The van der Waals surface area contributed by atoms with E-state index in [-0.39, 0.29) is 17.0 Å². The number of nitrogens with two attached hydrogens (primary N) is 1. The molecule has 0 atom stereocenters. The topological polar surface area (TPSA) is 111 Å². The van der Waals surface area contributed by atoms with Crippen LogP contribution in [0.4, 0.5) is 5.69 Å². The summed E-state index contributed by atoms with van der Waals surface area (Å²) in [7, 11) is 0. The van der Waals surface area contributed by atoms with Crippen LogP contribution >= 0.6 is 11.3 Å². The lowest BCUT2D eigenvalue weighted by Crippen LogP contribution is -2.35. The predicted octanol–water partition coefficient (Wildman–Crippen LogP) is 2.54. The van der Waals surface area contributed by atoms with Crippen LogP contribution in [0.25, 0.3) is 10.2 Å². The summed E-state index contributed by atoms with van der Waals surface area (Å²) in [6.07, 6.45) is 0.0636. The van der Waals surface area contributed by atoms with E-state index in [2.05, 4.69) is 10.3 Å². The van der Waals surface area contributed by atoms with Gasteiger partial charge in [-0.05, 0) is 31.0 Å². The molecule has 0 saturated heterocycles. The van der Waals surface area contributed by atoms with Gasteiger partial charge >= 0.3 is 5.97 Å². The number of carbonyl (C=O) groups is 3. The van der Waals surface area contributed by atoms with E-state index in [0.29, 0.717) is 10.2 Å². The smallest absolute Gasteiger partial charge is 0.351 e. The first-order valence-electron chi connectivity index (χ1n) is 8.55. The quantitative estimate of drug-likeness (QED) is 0.640. The summed E-state index contributed by atoms with van der Waals surface area (Å²) in [6, 6.07) is 10.9. The maximum absolute atomic E-state index is 12.3. The van der Waals surface area contributed by atoms with Crippen LogP contribution in [0, 0.1) is 13.8 Å². The van der Waals surface area contributed by atoms with Crippen LogP contribution in [-0.2, 0) is 20.7 Å². The number of aryl methyl sites for hydroxylation is 2. The number of ether oxygens (including phenoxy) is 1. The number of nitrogen functional groups attached to an aromatic ring is 1. The van der Waals surface area contributed by atoms with E-state index in [1.807, 2.05) is 26.0 Å². The van der Waals surface area contributed by atoms with Crippen molar-refractivity contribution in [3.63, 3.8) is 0 Å². The molecule has 7 nitrogen and oxygen atoms in total. The minimum Gasteiger partial charge on any atom is -0.451 e. The minimum atomic E-state index is -0.719. The molecule has 3 rings (SSSR count). The molecule has 0 spiro atoms. The highest BCUT2D eigenvalue weighted by Gasteiger charge is 2.21. The molecule has 0 aliphatic heterocycles. The Bertz CT molecular complexity index is 1060. The van der Waals surface area contributed by atoms with Crippen molar-refractivity contribution >= 4 is 45.0 Å². The van der Waals surface area contributed by atoms with Crippen LogP contribution in [-0.4, -0.2) is 29.4 Å². The zero-order valence-electron chi connectivity index (χ0n) is 15.4. The molecular formula is C20H19N3O4S. The Balaban J connectivity index is 1.60. The fourth-order valence-corrected chi connectivity index (χ4v) is 3.94. The van der Waals surface area contributed by atoms with Crippen molar-refractivity contribution < 1.29 is 19.1 Å². The molecule has 0 aliphatic carbocycles. The number of nitrogens with one attached hydrogen (secondary N) is 1. The van der Waals surface area contributed by atoms with Crippen molar-refractivity contribution in [2.45, 2.75) is 20.3 Å². The zero-order valence-corrected chi connectivity index (χ0v) is 16.3. The number of hydrogen-bond donors (Lipinski definition) is 2. The summed E-state index contributed by atoms with van der Waals surface area (Å²) in [5.41, 5.74) is 8.88. The molecule has 144 valence electrons. The van der Waals surface area contributed by atoms with Gasteiger partial charge in [-0.2, -0.15) is 0 Å². The van der Waals surface area contributed by atoms with E-state index >= 15 is 0 Å². The number of hydrogen-bond acceptors (Lipinski definition) is 7. The number of nitrogens with zero attached hydrogens (tertiary/aromatic N) is 1. The normalized spacial score (nSPS) is 10.6. The lowest BCUT2D eigenvalue weighted by Gasteiger charge is -2.06. The molecule has 0 unspecified atom stereocenters. The third-order valence-corrected chi connectivity index (χ3v) is 5.11. The highest BCUT2D eigenvalue weighted by molar-refractivity contribution is 7.21. The highest BCUT2D eigenvalue weighted by atomic mass is 32.1. The van der Waals surface area contributed by atoms with Gasteiger partial charge in [0.1, 0.15) is 9.71 Å². The summed E-state index contributed by atoms with van der Waals surface area (Å²) < 4.78 is 5.02. The van der Waals surface area contributed by atoms with Gasteiger partial charge in [0.2, 0.25) is 5.91 Å². The van der Waals surface area contributed by atoms with Crippen LogP contribution in [0.1, 0.15) is 26.5 Å². The third kappa shape index (κ3) is 4.34. The maximum Gasteiger partial charge on any atom is 0.351 e. The first-order valence-corrected chi connectivity index (χ1v) is 9.36. The number of anilines is 1. The monoisotopic (exact) mass is 397 g/mol. The Kier molecular flexibility index (Phi) is 5.70. The minimum absolute atomic E-state index is 0.0636. The molecule has 2 aromatic heterocycles. The number of benzene rings is 1. The van der Waals surface area contributed by atoms with E-state index in [1.165, 1.54) is 0 Å². The summed E-state index contributed by atoms with van der Waals surface area (Å²) in [6.45, 7) is 3.18. The number of carbonyl (C=O) groups excluding carboxylic acids is 3. The van der Waals surface area contributed by atoms with Gasteiger partial charge < -0.3 is 10.5 Å². The van der Waals surface area contributed by atoms with Crippen LogP contribution in [0.3, 0.4) is 0 Å². The molecule has 0 aliphatic rings. The number of imide groups is 1. The number of rotatable bonds is 5. The molecule has 3 aromatic rings. The van der Waals surface area contributed by atoms with Crippen molar-refractivity contribution in [2.75, 3.05) is 12.3 Å². The second kappa shape index (κ2) is 8.18. The molecule has 28 heavy (non-hydrogen) atoms. The van der Waals surface area contributed by atoms with Crippen molar-refractivity contribution in [3.8, 4) is 0 Å². The Morgan fingerprint density at radius 3 is 2.57 bits per heavy atom. The lowest BCUT2D eigenvalue weighted by molar-refractivity contribution is -0.132. The highest BCUT2D eigenvalue weighted by Crippen LogP contribution is 2.35. The van der Waals surface area contributed by atoms with Gasteiger partial charge in [0.25, 0.3) is 5.91 Å². The van der Waals surface area contributed by atoms with Gasteiger partial charge in [-0.15, -0.1) is 11.3 Å². The van der Waals surface area contributed by atoms with Crippen molar-refractivity contribution in [2.24, 2.45) is 0 Å². The number of esters is 1. The van der Waals surface area contributed by atoms with Gasteiger partial charge in [0, 0.05) is 11.1 Å². The Morgan fingerprint density at radius 2 is 1.86 bits per heavy atom. The van der Waals surface area contributed by atoms with Crippen LogP contribution < -0.4 is 11.1 Å². The Labute approximate surface area is 165 Å². The number of aromatic nitrogens is 1. The number of pyridine rings is 1. The molecule has 2 heterocycles. The first kappa shape index (κ1) is 19.5. The van der Waals surface area contributed by atoms with E-state index in [1.54, 1.807) is 24.3 Å². The first-order chi connectivity index (χ1) is 13.3. The van der Waals surface area contributed by atoms with Gasteiger partial charge in [-0.25, -0.2) is 9.78 Å². The fraction of sp³-hybridized carbons (Fsp3) is 0.200. The SMILES string of the molecule is Cc1cc(C)c2c(N)c(C(=O)OCC(=O)NC(=O)Cc3ccccc3)sc2n1. The molecule has 0 saturated carbocycles. The van der Waals surface area contributed by atoms with Crippen LogP contribution in [0.15, 0.2) is 36.4 Å². The van der Waals surface area contributed by atoms with Crippen LogP contribution in [0.2, 0.25) is 0 Å². The molecular weight excluding hydrogens is 378 g/mol. The predicted molar refractivity (Wildman–Crippen MR) is 107 cm³/mol. The largest absolute Gasteiger partial charge is 0.451 e. The molecule has 0 bridgehead atoms. The summed E-state index contributed by atoms with van der Waals surface area (Å²) in [5.74, 6) is -1.88. The zero-order chi connectivity index (χ0) is 20.3. The van der Waals surface area contributed by atoms with E-state index < -0.39 is 24.4 Å². The van der Waals surface area contributed by atoms with Crippen molar-refractivity contribution in [1.82, 2.24) is 10.3 Å². The molecule has 2 amide bonds. The van der Waals surface area contributed by atoms with Gasteiger partial charge in [-0.3, -0.25) is 14.9 Å². The van der Waals surface area contributed by atoms with Crippen molar-refractivity contribution in [1.29, 1.82) is 0 Å². The molecule has 0 fully saturated rings. The van der Waals surface area contributed by atoms with Crippen molar-refractivity contribution in [3.05, 3.63) is 58.1 Å². The van der Waals surface area contributed by atoms with Gasteiger partial charge in [-0.1, -0.05) is 30.3 Å². The second-order valence-corrected chi connectivity index (χ2v) is 7.31. The molecule has 0 radical (unpaired) electrons. The fourth-order valence-electron chi connectivity index (χ4n) is 2.83. The lowest BCUT2D eigenvalue weighted by atomic mass is 10.1. The summed E-state index contributed by atoms with van der Waals surface area (Å²) in [4.78, 5) is 41.3. The number of fused-ring (bicyclic) bond motifs is 1. The van der Waals surface area contributed by atoms with E-state index in [9.17, 15) is 14.4 Å². The standard InChI is InChI=1S/C20H19N3O4S/c1-11-8-12(2)22-19-16(11)17(21)18(28-19)20(26)27-10-15(25)23-14(24)9-13-6-4-3-5-7-13/h3-8H,9-10,21H2,1-2H3,(H,23,24,25). The molecule has 3 N–H and O–H groups in total. The molecule has 8 heteroatoms. The molecule has 1 aromatic carbocycles. The van der Waals surface area contributed by atoms with E-state index in [4.69, 9.17) is 10.5 Å².